The summed E-state index contributed by atoms with van der Waals surface area (Å²) in [6, 6.07) is 19.6. The van der Waals surface area contributed by atoms with Gasteiger partial charge in [0.2, 0.25) is 5.91 Å². The molecule has 1 N–H and O–H groups in total. The van der Waals surface area contributed by atoms with Crippen molar-refractivity contribution in [1.29, 1.82) is 0 Å². The fraction of sp³-hybridized carbons (Fsp3) is 0.375. The minimum absolute atomic E-state index is 0.228. The molecular formula is C24H29N3O. The van der Waals surface area contributed by atoms with Crippen LogP contribution in [0.25, 0.3) is 10.9 Å². The third kappa shape index (κ3) is 3.97. The summed E-state index contributed by atoms with van der Waals surface area (Å²) in [5.41, 5.74) is 3.56. The number of piperazine rings is 1. The van der Waals surface area contributed by atoms with E-state index in [9.17, 15) is 4.79 Å². The van der Waals surface area contributed by atoms with Gasteiger partial charge in [-0.2, -0.15) is 0 Å². The molecule has 1 fully saturated rings. The zero-order valence-corrected chi connectivity index (χ0v) is 16.8. The normalized spacial score (nSPS) is 20.6. The SMILES string of the molecule is CC1CN(C(=O)Cc2c[nH]c3ccccc23)CC(C)N1CCc1ccccc1. The lowest BCUT2D eigenvalue weighted by Crippen LogP contribution is -2.58. The van der Waals surface area contributed by atoms with Gasteiger partial charge in [-0.15, -0.1) is 0 Å². The third-order valence-corrected chi connectivity index (χ3v) is 5.97. The maximum atomic E-state index is 13.0. The predicted molar refractivity (Wildman–Crippen MR) is 114 cm³/mol. The van der Waals surface area contributed by atoms with Crippen LogP contribution in [0.5, 0.6) is 0 Å². The molecule has 2 unspecified atom stereocenters. The van der Waals surface area contributed by atoms with Crippen molar-refractivity contribution in [2.75, 3.05) is 19.6 Å². The number of carbonyl (C=O) groups excluding carboxylic acids is 1. The number of hydrogen-bond acceptors (Lipinski definition) is 2. The molecule has 28 heavy (non-hydrogen) atoms. The molecule has 4 nitrogen and oxygen atoms in total. The van der Waals surface area contributed by atoms with Crippen LogP contribution in [0.1, 0.15) is 25.0 Å². The highest BCUT2D eigenvalue weighted by Gasteiger charge is 2.31. The van der Waals surface area contributed by atoms with Crippen molar-refractivity contribution in [3.8, 4) is 0 Å². The minimum atomic E-state index is 0.228. The number of aromatic nitrogens is 1. The van der Waals surface area contributed by atoms with E-state index >= 15 is 0 Å². The number of benzene rings is 2. The second kappa shape index (κ2) is 8.19. The van der Waals surface area contributed by atoms with Crippen molar-refractivity contribution in [1.82, 2.24) is 14.8 Å². The summed E-state index contributed by atoms with van der Waals surface area (Å²) >= 11 is 0. The largest absolute Gasteiger partial charge is 0.361 e. The van der Waals surface area contributed by atoms with E-state index in [0.717, 1.165) is 42.5 Å². The van der Waals surface area contributed by atoms with Crippen molar-refractivity contribution < 1.29 is 4.79 Å². The fourth-order valence-electron chi connectivity index (χ4n) is 4.46. The first kappa shape index (κ1) is 18.8. The second-order valence-electron chi connectivity index (χ2n) is 8.01. The lowest BCUT2D eigenvalue weighted by atomic mass is 10.0. The molecule has 0 radical (unpaired) electrons. The van der Waals surface area contributed by atoms with E-state index in [0.29, 0.717) is 18.5 Å². The zero-order chi connectivity index (χ0) is 19.5. The molecule has 1 aromatic heterocycles. The van der Waals surface area contributed by atoms with E-state index in [1.165, 1.54) is 5.56 Å². The molecular weight excluding hydrogens is 346 g/mol. The molecule has 0 saturated carbocycles. The number of fused-ring (bicyclic) bond motifs is 1. The highest BCUT2D eigenvalue weighted by Crippen LogP contribution is 2.21. The van der Waals surface area contributed by atoms with Gasteiger partial charge >= 0.3 is 0 Å². The summed E-state index contributed by atoms with van der Waals surface area (Å²) < 4.78 is 0. The van der Waals surface area contributed by atoms with Crippen LogP contribution in [0.4, 0.5) is 0 Å². The standard InChI is InChI=1S/C24H29N3O/c1-18-16-26(17-19(2)27(18)13-12-20-8-4-3-5-9-20)24(28)14-21-15-25-23-11-7-6-10-22(21)23/h3-11,15,18-19,25H,12-14,16-17H2,1-2H3. The van der Waals surface area contributed by atoms with Crippen molar-refractivity contribution in [3.05, 3.63) is 71.9 Å². The van der Waals surface area contributed by atoms with Crippen LogP contribution in [0.15, 0.2) is 60.8 Å². The Morgan fingerprint density at radius 3 is 2.43 bits per heavy atom. The summed E-state index contributed by atoms with van der Waals surface area (Å²) in [4.78, 5) is 20.9. The van der Waals surface area contributed by atoms with Crippen LogP contribution >= 0.6 is 0 Å². The van der Waals surface area contributed by atoms with E-state index < -0.39 is 0 Å². The Labute approximate surface area is 167 Å². The molecule has 0 bridgehead atoms. The van der Waals surface area contributed by atoms with Gasteiger partial charge < -0.3 is 9.88 Å². The predicted octanol–water partition coefficient (Wildman–Crippen LogP) is 3.87. The second-order valence-corrected chi connectivity index (χ2v) is 8.01. The molecule has 1 amide bonds. The van der Waals surface area contributed by atoms with Crippen molar-refractivity contribution >= 4 is 16.8 Å². The molecule has 0 spiro atoms. The number of nitrogens with one attached hydrogen (secondary N) is 1. The first-order valence-electron chi connectivity index (χ1n) is 10.2. The van der Waals surface area contributed by atoms with Crippen LogP contribution in [-0.4, -0.2) is 52.4 Å². The number of H-pyrrole nitrogens is 1. The average Bonchev–Trinajstić information content (AvgIpc) is 3.11. The van der Waals surface area contributed by atoms with Gasteiger partial charge in [0.15, 0.2) is 0 Å². The van der Waals surface area contributed by atoms with Gasteiger partial charge in [-0.05, 0) is 37.5 Å². The number of amides is 1. The lowest BCUT2D eigenvalue weighted by molar-refractivity contribution is -0.134. The van der Waals surface area contributed by atoms with Gasteiger partial charge in [0, 0.05) is 48.8 Å². The van der Waals surface area contributed by atoms with E-state index in [2.05, 4.69) is 71.1 Å². The number of rotatable bonds is 5. The monoisotopic (exact) mass is 375 g/mol. The Morgan fingerprint density at radius 1 is 1.00 bits per heavy atom. The third-order valence-electron chi connectivity index (χ3n) is 5.97. The molecule has 4 rings (SSSR count). The Hall–Kier alpha value is -2.59. The number of carbonyl (C=O) groups is 1. The Kier molecular flexibility index (Phi) is 5.49. The van der Waals surface area contributed by atoms with Gasteiger partial charge in [0.25, 0.3) is 0 Å². The van der Waals surface area contributed by atoms with Gasteiger partial charge in [-0.25, -0.2) is 0 Å². The fourth-order valence-corrected chi connectivity index (χ4v) is 4.46. The molecule has 1 aliphatic rings. The van der Waals surface area contributed by atoms with Crippen molar-refractivity contribution in [3.63, 3.8) is 0 Å². The highest BCUT2D eigenvalue weighted by molar-refractivity contribution is 5.88. The Morgan fingerprint density at radius 2 is 1.68 bits per heavy atom. The van der Waals surface area contributed by atoms with Crippen LogP contribution in [0.3, 0.4) is 0 Å². The first-order chi connectivity index (χ1) is 13.6. The molecule has 146 valence electrons. The summed E-state index contributed by atoms with van der Waals surface area (Å²) in [7, 11) is 0. The molecule has 2 aromatic carbocycles. The quantitative estimate of drug-likeness (QED) is 0.735. The van der Waals surface area contributed by atoms with E-state index in [4.69, 9.17) is 0 Å². The molecule has 1 aliphatic heterocycles. The number of hydrogen-bond donors (Lipinski definition) is 1. The molecule has 2 heterocycles. The maximum absolute atomic E-state index is 13.0. The molecule has 3 aromatic rings. The Bertz CT molecular complexity index is 921. The molecule has 1 saturated heterocycles. The summed E-state index contributed by atoms with van der Waals surface area (Å²) in [6.07, 6.45) is 3.50. The van der Waals surface area contributed by atoms with Crippen LogP contribution in [-0.2, 0) is 17.6 Å². The highest BCUT2D eigenvalue weighted by atomic mass is 16.2. The van der Waals surface area contributed by atoms with Crippen LogP contribution in [0.2, 0.25) is 0 Å². The van der Waals surface area contributed by atoms with Crippen LogP contribution in [0, 0.1) is 0 Å². The van der Waals surface area contributed by atoms with Gasteiger partial charge in [-0.1, -0.05) is 48.5 Å². The average molecular weight is 376 g/mol. The first-order valence-corrected chi connectivity index (χ1v) is 10.2. The minimum Gasteiger partial charge on any atom is -0.361 e. The maximum Gasteiger partial charge on any atom is 0.227 e. The summed E-state index contributed by atoms with van der Waals surface area (Å²) in [5.74, 6) is 0.228. The van der Waals surface area contributed by atoms with Crippen molar-refractivity contribution in [2.24, 2.45) is 0 Å². The lowest BCUT2D eigenvalue weighted by Gasteiger charge is -2.44. The number of aromatic amines is 1. The van der Waals surface area contributed by atoms with Crippen molar-refractivity contribution in [2.45, 2.75) is 38.8 Å². The molecule has 2 atom stereocenters. The molecule has 0 aliphatic carbocycles. The van der Waals surface area contributed by atoms with E-state index in [1.54, 1.807) is 0 Å². The van der Waals surface area contributed by atoms with Gasteiger partial charge in [0.05, 0.1) is 6.42 Å². The smallest absolute Gasteiger partial charge is 0.227 e. The van der Waals surface area contributed by atoms with E-state index in [-0.39, 0.29) is 5.91 Å². The van der Waals surface area contributed by atoms with Gasteiger partial charge in [-0.3, -0.25) is 9.69 Å². The zero-order valence-electron chi connectivity index (χ0n) is 16.8. The van der Waals surface area contributed by atoms with Crippen LogP contribution < -0.4 is 0 Å². The van der Waals surface area contributed by atoms with E-state index in [1.807, 2.05) is 18.3 Å². The van der Waals surface area contributed by atoms with Gasteiger partial charge in [0.1, 0.15) is 0 Å². The number of nitrogens with zero attached hydrogens (tertiary/aromatic N) is 2. The number of para-hydroxylation sites is 1. The molecule has 4 heteroatoms. The summed E-state index contributed by atoms with van der Waals surface area (Å²) in [5, 5.41) is 1.15. The summed E-state index contributed by atoms with van der Waals surface area (Å²) in [6.45, 7) is 7.14. The Balaban J connectivity index is 1.37. The topological polar surface area (TPSA) is 39.3 Å².